The lowest BCUT2D eigenvalue weighted by Crippen LogP contribution is -3.14. The molecule has 2 rings (SSSR count). The maximum Gasteiger partial charge on any atom is 0.291 e. The standard InChI is InChI=1S/C17H25N3O4/c1-3-24-17(18-7-8-20-9-11-23-12-10-20)19-16(21)14-5-4-6-15(13-14)22-2/h4-6,13H,3,7-12H2,1-2H3,(H,18,19,21)/p+1. The molecule has 1 aliphatic rings. The number of amides is 1. The predicted molar refractivity (Wildman–Crippen MR) is 90.8 cm³/mol. The first kappa shape index (κ1) is 18.2. The van der Waals surface area contributed by atoms with Crippen molar-refractivity contribution >= 4 is 11.9 Å². The summed E-state index contributed by atoms with van der Waals surface area (Å²) in [6.45, 7) is 7.39. The van der Waals surface area contributed by atoms with Gasteiger partial charge in [-0.25, -0.2) is 4.99 Å². The zero-order chi connectivity index (χ0) is 17.2. The summed E-state index contributed by atoms with van der Waals surface area (Å²) in [5.74, 6) is 0.369. The summed E-state index contributed by atoms with van der Waals surface area (Å²) in [7, 11) is 1.57. The zero-order valence-corrected chi connectivity index (χ0v) is 14.3. The Morgan fingerprint density at radius 3 is 2.88 bits per heavy atom. The van der Waals surface area contributed by atoms with Gasteiger partial charge in [-0.2, -0.15) is 0 Å². The van der Waals surface area contributed by atoms with Crippen LogP contribution in [0.25, 0.3) is 0 Å². The lowest BCUT2D eigenvalue weighted by Gasteiger charge is -2.23. The van der Waals surface area contributed by atoms with Crippen LogP contribution in [0.4, 0.5) is 0 Å². The van der Waals surface area contributed by atoms with E-state index in [1.54, 1.807) is 31.4 Å². The fourth-order valence-corrected chi connectivity index (χ4v) is 2.42. The number of methoxy groups -OCH3 is 1. The second-order valence-electron chi connectivity index (χ2n) is 5.42. The lowest BCUT2D eigenvalue weighted by atomic mass is 10.2. The van der Waals surface area contributed by atoms with Gasteiger partial charge in [0.25, 0.3) is 11.9 Å². The summed E-state index contributed by atoms with van der Waals surface area (Å²) in [6.07, 6.45) is 0. The molecule has 1 saturated heterocycles. The van der Waals surface area contributed by atoms with E-state index < -0.39 is 0 Å². The highest BCUT2D eigenvalue weighted by Gasteiger charge is 2.14. The minimum atomic E-state index is -0.264. The zero-order valence-electron chi connectivity index (χ0n) is 14.3. The van der Waals surface area contributed by atoms with Gasteiger partial charge < -0.3 is 19.1 Å². The number of nitrogens with zero attached hydrogens (tertiary/aromatic N) is 1. The minimum absolute atomic E-state index is 0.262. The number of hydrogen-bond donors (Lipinski definition) is 2. The van der Waals surface area contributed by atoms with Gasteiger partial charge >= 0.3 is 0 Å². The molecule has 1 amide bonds. The van der Waals surface area contributed by atoms with E-state index >= 15 is 0 Å². The van der Waals surface area contributed by atoms with Crippen LogP contribution in [0.2, 0.25) is 0 Å². The molecule has 0 bridgehead atoms. The lowest BCUT2D eigenvalue weighted by molar-refractivity contribution is -0.906. The first-order valence-electron chi connectivity index (χ1n) is 8.27. The van der Waals surface area contributed by atoms with Crippen LogP contribution in [0.1, 0.15) is 17.3 Å². The minimum Gasteiger partial charge on any atom is -0.497 e. The van der Waals surface area contributed by atoms with E-state index in [-0.39, 0.29) is 11.9 Å². The van der Waals surface area contributed by atoms with Gasteiger partial charge in [-0.1, -0.05) is 6.07 Å². The SMILES string of the molecule is CCOC(=NCC[NH+]1CCOCC1)NC(=O)c1cccc(OC)c1. The van der Waals surface area contributed by atoms with Gasteiger partial charge in [0.05, 0.1) is 40.0 Å². The number of rotatable bonds is 6. The molecular weight excluding hydrogens is 310 g/mol. The van der Waals surface area contributed by atoms with Crippen LogP contribution in [0.5, 0.6) is 5.75 Å². The molecule has 24 heavy (non-hydrogen) atoms. The number of ether oxygens (including phenoxy) is 3. The molecule has 7 heteroatoms. The van der Waals surface area contributed by atoms with Crippen LogP contribution in [0, 0.1) is 0 Å². The normalized spacial score (nSPS) is 15.8. The Bertz CT molecular complexity index is 557. The molecule has 0 radical (unpaired) electrons. The van der Waals surface area contributed by atoms with Crippen molar-refractivity contribution in [1.82, 2.24) is 5.32 Å². The number of aliphatic imine (C=N–C) groups is 1. The predicted octanol–water partition coefficient (Wildman–Crippen LogP) is -0.267. The topological polar surface area (TPSA) is 73.6 Å². The van der Waals surface area contributed by atoms with Crippen molar-refractivity contribution in [2.45, 2.75) is 6.92 Å². The van der Waals surface area contributed by atoms with Gasteiger partial charge in [-0.15, -0.1) is 0 Å². The molecule has 1 aromatic rings. The molecule has 2 N–H and O–H groups in total. The Hall–Kier alpha value is -2.12. The fourth-order valence-electron chi connectivity index (χ4n) is 2.42. The summed E-state index contributed by atoms with van der Waals surface area (Å²) in [6, 6.07) is 7.22. The Morgan fingerprint density at radius 2 is 2.17 bits per heavy atom. The van der Waals surface area contributed by atoms with Gasteiger partial charge in [-0.05, 0) is 25.1 Å². The average Bonchev–Trinajstić information content (AvgIpc) is 2.62. The van der Waals surface area contributed by atoms with Gasteiger partial charge in [-0.3, -0.25) is 10.1 Å². The van der Waals surface area contributed by atoms with E-state index in [2.05, 4.69) is 10.3 Å². The quantitative estimate of drug-likeness (QED) is 0.554. The Morgan fingerprint density at radius 1 is 1.38 bits per heavy atom. The van der Waals surface area contributed by atoms with Crippen molar-refractivity contribution in [1.29, 1.82) is 0 Å². The number of carbonyl (C=O) groups is 1. The van der Waals surface area contributed by atoms with Crippen molar-refractivity contribution in [3.05, 3.63) is 29.8 Å². The van der Waals surface area contributed by atoms with E-state index in [0.717, 1.165) is 32.8 Å². The second-order valence-corrected chi connectivity index (χ2v) is 5.42. The maximum absolute atomic E-state index is 12.3. The monoisotopic (exact) mass is 336 g/mol. The van der Waals surface area contributed by atoms with Crippen LogP contribution < -0.4 is 15.0 Å². The van der Waals surface area contributed by atoms with Gasteiger partial charge in [0, 0.05) is 5.56 Å². The van der Waals surface area contributed by atoms with Crippen molar-refractivity contribution in [3.8, 4) is 5.75 Å². The molecule has 7 nitrogen and oxygen atoms in total. The van der Waals surface area contributed by atoms with Crippen molar-refractivity contribution in [2.75, 3.05) is 53.1 Å². The smallest absolute Gasteiger partial charge is 0.291 e. The van der Waals surface area contributed by atoms with E-state index in [1.807, 2.05) is 6.92 Å². The number of nitrogens with one attached hydrogen (secondary N) is 2. The molecule has 0 spiro atoms. The fraction of sp³-hybridized carbons (Fsp3) is 0.529. The first-order valence-corrected chi connectivity index (χ1v) is 8.27. The molecule has 0 aliphatic carbocycles. The number of carbonyl (C=O) groups excluding carboxylic acids is 1. The summed E-state index contributed by atoms with van der Waals surface area (Å²) in [5, 5.41) is 2.72. The van der Waals surface area contributed by atoms with Gasteiger partial charge in [0.1, 0.15) is 18.8 Å². The van der Waals surface area contributed by atoms with Crippen LogP contribution in [0.15, 0.2) is 29.3 Å². The van der Waals surface area contributed by atoms with E-state index in [9.17, 15) is 4.79 Å². The van der Waals surface area contributed by atoms with Crippen molar-refractivity contribution in [2.24, 2.45) is 4.99 Å². The third kappa shape index (κ3) is 5.82. The molecule has 0 unspecified atom stereocenters. The number of morpholine rings is 1. The third-order valence-electron chi connectivity index (χ3n) is 3.75. The molecule has 0 aromatic heterocycles. The molecule has 1 aliphatic heterocycles. The maximum atomic E-state index is 12.3. The number of quaternary nitrogens is 1. The molecular formula is C17H26N3O4+. The first-order chi connectivity index (χ1) is 11.7. The number of amidine groups is 1. The van der Waals surface area contributed by atoms with Crippen LogP contribution in [-0.2, 0) is 9.47 Å². The van der Waals surface area contributed by atoms with E-state index in [1.165, 1.54) is 4.90 Å². The molecule has 1 aromatic carbocycles. The Balaban J connectivity index is 1.90. The summed E-state index contributed by atoms with van der Waals surface area (Å²) >= 11 is 0. The molecule has 0 atom stereocenters. The van der Waals surface area contributed by atoms with E-state index in [4.69, 9.17) is 14.2 Å². The highest BCUT2D eigenvalue weighted by molar-refractivity contribution is 6.04. The number of hydrogen-bond acceptors (Lipinski definition) is 5. The summed E-state index contributed by atoms with van der Waals surface area (Å²) in [5.41, 5.74) is 0.501. The highest BCUT2D eigenvalue weighted by atomic mass is 16.5. The number of benzene rings is 1. The van der Waals surface area contributed by atoms with Crippen LogP contribution in [-0.4, -0.2) is 65.0 Å². The van der Waals surface area contributed by atoms with Crippen LogP contribution in [0.3, 0.4) is 0 Å². The van der Waals surface area contributed by atoms with Crippen molar-refractivity contribution < 1.29 is 23.9 Å². The van der Waals surface area contributed by atoms with Gasteiger partial charge in [0.15, 0.2) is 0 Å². The highest BCUT2D eigenvalue weighted by Crippen LogP contribution is 2.12. The third-order valence-corrected chi connectivity index (χ3v) is 3.75. The molecule has 132 valence electrons. The second kappa shape index (κ2) is 9.89. The van der Waals surface area contributed by atoms with Crippen LogP contribution >= 0.6 is 0 Å². The van der Waals surface area contributed by atoms with Gasteiger partial charge in [0.2, 0.25) is 0 Å². The largest absolute Gasteiger partial charge is 0.497 e. The van der Waals surface area contributed by atoms with Crippen molar-refractivity contribution in [3.63, 3.8) is 0 Å². The average molecular weight is 336 g/mol. The molecule has 1 fully saturated rings. The molecule has 0 saturated carbocycles. The summed E-state index contributed by atoms with van der Waals surface area (Å²) in [4.78, 5) is 18.2. The van der Waals surface area contributed by atoms with E-state index in [0.29, 0.717) is 24.5 Å². The Labute approximate surface area is 142 Å². The Kier molecular flexibility index (Phi) is 7.51. The summed E-state index contributed by atoms with van der Waals surface area (Å²) < 4.78 is 15.9. The molecule has 1 heterocycles.